The van der Waals surface area contributed by atoms with Gasteiger partial charge in [-0.2, -0.15) is 0 Å². The molecule has 1 atom stereocenters. The Morgan fingerprint density at radius 1 is 1.53 bits per heavy atom. The number of alkyl halides is 1. The summed E-state index contributed by atoms with van der Waals surface area (Å²) in [5, 5.41) is 3.24. The molecule has 0 aromatic rings. The van der Waals surface area contributed by atoms with Crippen molar-refractivity contribution >= 4 is 21.9 Å². The van der Waals surface area contributed by atoms with E-state index in [0.29, 0.717) is 6.54 Å². The highest BCUT2D eigenvalue weighted by atomic mass is 79.9. The second-order valence-electron chi connectivity index (χ2n) is 3.74. The number of hydrogen-bond acceptors (Lipinski definition) is 4. The standard InChI is InChI=1S/C10H19BrN2O2/c1-15-10(14)9(11)8-12-4-7-13-5-2-3-6-13/h9,12H,2-8H2,1H3. The third-order valence-corrected chi connectivity index (χ3v) is 3.28. The third kappa shape index (κ3) is 4.95. The second kappa shape index (κ2) is 7.19. The minimum atomic E-state index is -0.235. The zero-order valence-electron chi connectivity index (χ0n) is 9.17. The molecule has 0 amide bonds. The fourth-order valence-electron chi connectivity index (χ4n) is 1.68. The fraction of sp³-hybridized carbons (Fsp3) is 0.900. The number of nitrogens with zero attached hydrogens (tertiary/aromatic N) is 1. The molecule has 0 radical (unpaired) electrons. The van der Waals surface area contributed by atoms with Crippen LogP contribution >= 0.6 is 15.9 Å². The first-order valence-corrected chi connectivity index (χ1v) is 6.30. The molecule has 15 heavy (non-hydrogen) atoms. The predicted octanol–water partition coefficient (Wildman–Crippen LogP) is 0.608. The lowest BCUT2D eigenvalue weighted by Gasteiger charge is -2.15. The van der Waals surface area contributed by atoms with Crippen molar-refractivity contribution in [3.63, 3.8) is 0 Å². The van der Waals surface area contributed by atoms with Gasteiger partial charge < -0.3 is 15.0 Å². The van der Waals surface area contributed by atoms with Gasteiger partial charge in [0.2, 0.25) is 0 Å². The topological polar surface area (TPSA) is 41.6 Å². The van der Waals surface area contributed by atoms with Crippen molar-refractivity contribution in [2.24, 2.45) is 0 Å². The molecule has 1 heterocycles. The largest absolute Gasteiger partial charge is 0.468 e. The van der Waals surface area contributed by atoms with Gasteiger partial charge in [-0.3, -0.25) is 4.79 Å². The number of ether oxygens (including phenoxy) is 1. The van der Waals surface area contributed by atoms with Crippen molar-refractivity contribution in [1.29, 1.82) is 0 Å². The average molecular weight is 279 g/mol. The summed E-state index contributed by atoms with van der Waals surface area (Å²) >= 11 is 3.27. The van der Waals surface area contributed by atoms with Gasteiger partial charge in [-0.1, -0.05) is 15.9 Å². The molecule has 88 valence electrons. The molecule has 0 aliphatic carbocycles. The quantitative estimate of drug-likeness (QED) is 0.439. The molecule has 0 aromatic heterocycles. The van der Waals surface area contributed by atoms with Crippen LogP contribution in [0.15, 0.2) is 0 Å². The van der Waals surface area contributed by atoms with Gasteiger partial charge in [0, 0.05) is 19.6 Å². The number of rotatable bonds is 6. The number of likely N-dealkylation sites (tertiary alicyclic amines) is 1. The Kier molecular flexibility index (Phi) is 6.20. The van der Waals surface area contributed by atoms with Gasteiger partial charge in [0.05, 0.1) is 7.11 Å². The maximum atomic E-state index is 11.0. The summed E-state index contributed by atoms with van der Waals surface area (Å²) in [7, 11) is 1.40. The normalized spacial score (nSPS) is 19.1. The van der Waals surface area contributed by atoms with E-state index in [0.717, 1.165) is 13.1 Å². The van der Waals surface area contributed by atoms with Crippen LogP contribution in [-0.2, 0) is 9.53 Å². The molecule has 1 fully saturated rings. The number of methoxy groups -OCH3 is 1. The minimum absolute atomic E-state index is 0.219. The summed E-state index contributed by atoms with van der Waals surface area (Å²) in [6, 6.07) is 0. The van der Waals surface area contributed by atoms with Crippen LogP contribution in [0.3, 0.4) is 0 Å². The molecule has 5 heteroatoms. The Labute approximate surface area is 99.5 Å². The van der Waals surface area contributed by atoms with Gasteiger partial charge >= 0.3 is 5.97 Å². The number of carbonyl (C=O) groups is 1. The molecule has 0 saturated carbocycles. The first kappa shape index (κ1) is 12.9. The van der Waals surface area contributed by atoms with Gasteiger partial charge in [-0.25, -0.2) is 0 Å². The molecule has 1 N–H and O–H groups in total. The molecular formula is C10H19BrN2O2. The van der Waals surface area contributed by atoms with Gasteiger partial charge in [0.1, 0.15) is 4.83 Å². The van der Waals surface area contributed by atoms with E-state index < -0.39 is 0 Å². The lowest BCUT2D eigenvalue weighted by molar-refractivity contribution is -0.139. The van der Waals surface area contributed by atoms with Crippen molar-refractivity contribution in [2.75, 3.05) is 39.8 Å². The van der Waals surface area contributed by atoms with Crippen LogP contribution < -0.4 is 5.32 Å². The molecule has 0 bridgehead atoms. The van der Waals surface area contributed by atoms with Crippen LogP contribution in [0.1, 0.15) is 12.8 Å². The number of hydrogen-bond donors (Lipinski definition) is 1. The Morgan fingerprint density at radius 2 is 2.20 bits per heavy atom. The Morgan fingerprint density at radius 3 is 2.80 bits per heavy atom. The molecule has 1 rings (SSSR count). The van der Waals surface area contributed by atoms with Gasteiger partial charge in [0.15, 0.2) is 0 Å². The summed E-state index contributed by atoms with van der Waals surface area (Å²) < 4.78 is 4.61. The second-order valence-corrected chi connectivity index (χ2v) is 4.85. The first-order valence-electron chi connectivity index (χ1n) is 5.39. The zero-order chi connectivity index (χ0) is 11.1. The summed E-state index contributed by atoms with van der Waals surface area (Å²) in [6.45, 7) is 5.06. The van der Waals surface area contributed by atoms with Crippen molar-refractivity contribution in [3.8, 4) is 0 Å². The van der Waals surface area contributed by atoms with Crippen LogP contribution in [0.25, 0.3) is 0 Å². The summed E-state index contributed by atoms with van der Waals surface area (Å²) in [6.07, 6.45) is 2.65. The van der Waals surface area contributed by atoms with Crippen LogP contribution in [0.2, 0.25) is 0 Å². The Bertz CT molecular complexity index is 196. The maximum absolute atomic E-state index is 11.0. The molecule has 0 aromatic carbocycles. The van der Waals surface area contributed by atoms with Crippen LogP contribution in [-0.4, -0.2) is 55.5 Å². The monoisotopic (exact) mass is 278 g/mol. The van der Waals surface area contributed by atoms with Crippen LogP contribution in [0.4, 0.5) is 0 Å². The van der Waals surface area contributed by atoms with E-state index in [9.17, 15) is 4.79 Å². The van der Waals surface area contributed by atoms with E-state index in [1.807, 2.05) is 0 Å². The fourth-order valence-corrected chi connectivity index (χ4v) is 2.10. The summed E-state index contributed by atoms with van der Waals surface area (Å²) in [5.41, 5.74) is 0. The molecule has 0 spiro atoms. The highest BCUT2D eigenvalue weighted by Crippen LogP contribution is 2.05. The van der Waals surface area contributed by atoms with Crippen molar-refractivity contribution in [2.45, 2.75) is 17.7 Å². The highest BCUT2D eigenvalue weighted by molar-refractivity contribution is 9.10. The number of halogens is 1. The van der Waals surface area contributed by atoms with E-state index in [-0.39, 0.29) is 10.8 Å². The molecule has 1 saturated heterocycles. The molecule has 1 aliphatic rings. The van der Waals surface area contributed by atoms with Gasteiger partial charge in [-0.05, 0) is 25.9 Å². The van der Waals surface area contributed by atoms with E-state index in [1.54, 1.807) is 0 Å². The van der Waals surface area contributed by atoms with Gasteiger partial charge in [0.25, 0.3) is 0 Å². The lowest BCUT2D eigenvalue weighted by atomic mass is 10.4. The average Bonchev–Trinajstić information content (AvgIpc) is 2.75. The lowest BCUT2D eigenvalue weighted by Crippen LogP contribution is -2.35. The number of nitrogens with one attached hydrogen (secondary N) is 1. The minimum Gasteiger partial charge on any atom is -0.468 e. The SMILES string of the molecule is COC(=O)C(Br)CNCCN1CCCC1. The Hall–Kier alpha value is -0.130. The first-order chi connectivity index (χ1) is 7.24. The molecular weight excluding hydrogens is 260 g/mol. The maximum Gasteiger partial charge on any atom is 0.320 e. The molecule has 1 aliphatic heterocycles. The molecule has 4 nitrogen and oxygen atoms in total. The van der Waals surface area contributed by atoms with Crippen LogP contribution in [0.5, 0.6) is 0 Å². The van der Waals surface area contributed by atoms with E-state index >= 15 is 0 Å². The van der Waals surface area contributed by atoms with Crippen molar-refractivity contribution < 1.29 is 9.53 Å². The number of carbonyl (C=O) groups excluding carboxylic acids is 1. The third-order valence-electron chi connectivity index (χ3n) is 2.58. The van der Waals surface area contributed by atoms with Crippen molar-refractivity contribution in [1.82, 2.24) is 10.2 Å². The van der Waals surface area contributed by atoms with Crippen LogP contribution in [0, 0.1) is 0 Å². The molecule has 1 unspecified atom stereocenters. The Balaban J connectivity index is 1.98. The predicted molar refractivity (Wildman–Crippen MR) is 63.3 cm³/mol. The smallest absolute Gasteiger partial charge is 0.320 e. The zero-order valence-corrected chi connectivity index (χ0v) is 10.8. The number of esters is 1. The summed E-state index contributed by atoms with van der Waals surface area (Å²) in [4.78, 5) is 13.2. The van der Waals surface area contributed by atoms with E-state index in [2.05, 4.69) is 30.9 Å². The highest BCUT2D eigenvalue weighted by Gasteiger charge is 2.15. The van der Waals surface area contributed by atoms with Gasteiger partial charge in [-0.15, -0.1) is 0 Å². The van der Waals surface area contributed by atoms with E-state index in [4.69, 9.17) is 0 Å². The van der Waals surface area contributed by atoms with Crippen molar-refractivity contribution in [3.05, 3.63) is 0 Å². The summed E-state index contributed by atoms with van der Waals surface area (Å²) in [5.74, 6) is -0.219. The van der Waals surface area contributed by atoms with E-state index in [1.165, 1.54) is 33.0 Å².